The van der Waals surface area contributed by atoms with Crippen molar-refractivity contribution in [1.82, 2.24) is 15.3 Å². The van der Waals surface area contributed by atoms with Gasteiger partial charge in [0.25, 0.3) is 0 Å². The van der Waals surface area contributed by atoms with Crippen LogP contribution >= 0.6 is 11.3 Å². The van der Waals surface area contributed by atoms with E-state index < -0.39 is 0 Å². The molecule has 0 aliphatic rings. The van der Waals surface area contributed by atoms with Crippen LogP contribution in [-0.2, 0) is 0 Å². The smallest absolute Gasteiger partial charge is 0.152 e. The molecule has 0 spiro atoms. The number of thiazole rings is 1. The summed E-state index contributed by atoms with van der Waals surface area (Å²) >= 11 is 1.43. The third kappa shape index (κ3) is 1.03. The molecule has 67 valence electrons. The van der Waals surface area contributed by atoms with E-state index >= 15 is 0 Å². The third-order valence-corrected chi connectivity index (χ3v) is 2.49. The first kappa shape index (κ1) is 7.64. The van der Waals surface area contributed by atoms with Crippen molar-refractivity contribution in [2.75, 3.05) is 0 Å². The number of aromatic nitrogens is 3. The molecule has 0 saturated carbocycles. The van der Waals surface area contributed by atoms with E-state index in [1.54, 1.807) is 0 Å². The van der Waals surface area contributed by atoms with Gasteiger partial charge >= 0.3 is 0 Å². The lowest BCUT2D eigenvalue weighted by molar-refractivity contribution is 0.315. The van der Waals surface area contributed by atoms with E-state index in [2.05, 4.69) is 25.4 Å². The Labute approximate surface area is 83.2 Å². The first-order valence-corrected chi connectivity index (χ1v) is 4.86. The summed E-state index contributed by atoms with van der Waals surface area (Å²) in [4.78, 5) is 4.10. The minimum Gasteiger partial charge on any atom is -0.243 e. The number of nitrogens with zero attached hydrogens (tertiary/aromatic N) is 3. The molecule has 3 rings (SSSR count). The predicted molar refractivity (Wildman–Crippen MR) is 51.7 cm³/mol. The number of fused-ring (bicyclic) bond motifs is 1. The van der Waals surface area contributed by atoms with Crippen molar-refractivity contribution in [3.63, 3.8) is 0 Å². The Bertz CT molecular complexity index is 558. The van der Waals surface area contributed by atoms with E-state index in [4.69, 9.17) is 0 Å². The van der Waals surface area contributed by atoms with Gasteiger partial charge in [-0.2, -0.15) is 0 Å². The quantitative estimate of drug-likeness (QED) is 0.606. The van der Waals surface area contributed by atoms with Gasteiger partial charge in [0, 0.05) is 10.9 Å². The molecule has 1 aromatic carbocycles. The second kappa shape index (κ2) is 2.88. The summed E-state index contributed by atoms with van der Waals surface area (Å²) in [6.45, 7) is 0. The molecule has 0 amide bonds. The summed E-state index contributed by atoms with van der Waals surface area (Å²) in [5.74, 6) is 0. The zero-order chi connectivity index (χ0) is 9.38. The van der Waals surface area contributed by atoms with E-state index in [0.29, 0.717) is 0 Å². The highest BCUT2D eigenvalue weighted by Gasteiger charge is 2.09. The molecule has 0 unspecified atom stereocenters. The highest BCUT2D eigenvalue weighted by molar-refractivity contribution is 7.07. The van der Waals surface area contributed by atoms with Gasteiger partial charge in [0.2, 0.25) is 0 Å². The van der Waals surface area contributed by atoms with Gasteiger partial charge in [-0.15, -0.1) is 11.3 Å². The van der Waals surface area contributed by atoms with Crippen LogP contribution in [0.3, 0.4) is 0 Å². The Morgan fingerprint density at radius 1 is 1.29 bits per heavy atom. The van der Waals surface area contributed by atoms with Crippen LogP contribution in [0.25, 0.3) is 22.3 Å². The molecule has 5 heteroatoms. The number of rotatable bonds is 1. The van der Waals surface area contributed by atoms with Crippen LogP contribution in [0.4, 0.5) is 0 Å². The Morgan fingerprint density at radius 2 is 2.29 bits per heavy atom. The lowest BCUT2D eigenvalue weighted by Crippen LogP contribution is -1.79. The van der Waals surface area contributed by atoms with Crippen molar-refractivity contribution >= 4 is 22.4 Å². The average Bonchev–Trinajstić information content (AvgIpc) is 2.88. The maximum absolute atomic E-state index is 4.67. The highest BCUT2D eigenvalue weighted by Crippen LogP contribution is 2.25. The SMILES string of the molecule is [c]1nc(-c2cccc3nonc23)cs1. The Kier molecular flexibility index (Phi) is 1.57. The fraction of sp³-hybridized carbons (Fsp3) is 0. The molecule has 0 saturated heterocycles. The summed E-state index contributed by atoms with van der Waals surface area (Å²) in [5, 5.41) is 9.53. The van der Waals surface area contributed by atoms with Crippen molar-refractivity contribution < 1.29 is 4.63 Å². The van der Waals surface area contributed by atoms with Crippen molar-refractivity contribution in [2.45, 2.75) is 0 Å². The minimum absolute atomic E-state index is 0.742. The average molecular weight is 202 g/mol. The summed E-state index contributed by atoms with van der Waals surface area (Å²) in [7, 11) is 0. The Balaban J connectivity index is 2.36. The number of hydrogen-bond acceptors (Lipinski definition) is 5. The van der Waals surface area contributed by atoms with Gasteiger partial charge in [0.15, 0.2) is 5.51 Å². The molecule has 2 heterocycles. The van der Waals surface area contributed by atoms with Crippen LogP contribution in [0, 0.1) is 5.51 Å². The van der Waals surface area contributed by atoms with Gasteiger partial charge in [-0.05, 0) is 16.4 Å². The van der Waals surface area contributed by atoms with Crippen LogP contribution in [0.15, 0.2) is 28.2 Å². The fourth-order valence-electron chi connectivity index (χ4n) is 1.32. The van der Waals surface area contributed by atoms with Crippen molar-refractivity contribution in [3.8, 4) is 11.3 Å². The maximum atomic E-state index is 4.67. The van der Waals surface area contributed by atoms with Crippen molar-refractivity contribution in [3.05, 3.63) is 29.1 Å². The molecule has 3 aromatic rings. The van der Waals surface area contributed by atoms with Crippen LogP contribution in [0.1, 0.15) is 0 Å². The first-order chi connectivity index (χ1) is 6.95. The molecule has 1 radical (unpaired) electrons. The lowest BCUT2D eigenvalue weighted by atomic mass is 10.1. The Hall–Kier alpha value is -1.75. The van der Waals surface area contributed by atoms with E-state index in [-0.39, 0.29) is 0 Å². The lowest BCUT2D eigenvalue weighted by Gasteiger charge is -1.94. The second-order valence-electron chi connectivity index (χ2n) is 2.76. The normalized spacial score (nSPS) is 10.9. The monoisotopic (exact) mass is 202 g/mol. The molecule has 0 bridgehead atoms. The number of hydrogen-bond donors (Lipinski definition) is 0. The summed E-state index contributed by atoms with van der Waals surface area (Å²) in [6, 6.07) is 5.70. The van der Waals surface area contributed by atoms with E-state index in [1.807, 2.05) is 23.6 Å². The van der Waals surface area contributed by atoms with Crippen LogP contribution in [0.5, 0.6) is 0 Å². The first-order valence-electron chi connectivity index (χ1n) is 3.98. The van der Waals surface area contributed by atoms with Crippen LogP contribution in [0.2, 0.25) is 0 Å². The predicted octanol–water partition coefficient (Wildman–Crippen LogP) is 2.15. The standard InChI is InChI=1S/C9H4N3OS/c1-2-6(8-4-14-5-10-8)9-7(3-1)11-13-12-9/h1-4H. The third-order valence-electron chi connectivity index (χ3n) is 1.95. The zero-order valence-corrected chi connectivity index (χ0v) is 7.78. The van der Waals surface area contributed by atoms with Gasteiger partial charge in [0.1, 0.15) is 11.0 Å². The maximum Gasteiger partial charge on any atom is 0.152 e. The van der Waals surface area contributed by atoms with Crippen molar-refractivity contribution in [1.29, 1.82) is 0 Å². The topological polar surface area (TPSA) is 51.8 Å². The fourth-order valence-corrected chi connectivity index (χ4v) is 1.82. The second-order valence-corrected chi connectivity index (χ2v) is 3.42. The van der Waals surface area contributed by atoms with E-state index in [9.17, 15) is 0 Å². The molecule has 0 N–H and O–H groups in total. The summed E-state index contributed by atoms with van der Waals surface area (Å²) in [6.07, 6.45) is 0. The highest BCUT2D eigenvalue weighted by atomic mass is 32.1. The minimum atomic E-state index is 0.742. The largest absolute Gasteiger partial charge is 0.243 e. The van der Waals surface area contributed by atoms with Crippen LogP contribution in [-0.4, -0.2) is 15.3 Å². The summed E-state index contributed by atoms with van der Waals surface area (Å²) in [5.41, 5.74) is 6.08. The van der Waals surface area contributed by atoms with Gasteiger partial charge in [-0.25, -0.2) is 9.61 Å². The van der Waals surface area contributed by atoms with Gasteiger partial charge in [-0.1, -0.05) is 12.1 Å². The zero-order valence-electron chi connectivity index (χ0n) is 6.97. The molecule has 14 heavy (non-hydrogen) atoms. The molecule has 0 fully saturated rings. The van der Waals surface area contributed by atoms with Crippen LogP contribution < -0.4 is 0 Å². The molecule has 4 nitrogen and oxygen atoms in total. The molecule has 2 aromatic heterocycles. The molecular weight excluding hydrogens is 198 g/mol. The molecule has 0 aliphatic heterocycles. The van der Waals surface area contributed by atoms with Gasteiger partial charge < -0.3 is 0 Å². The van der Waals surface area contributed by atoms with Gasteiger partial charge in [-0.3, -0.25) is 0 Å². The van der Waals surface area contributed by atoms with Crippen molar-refractivity contribution in [2.24, 2.45) is 0 Å². The van der Waals surface area contributed by atoms with E-state index in [0.717, 1.165) is 22.3 Å². The Morgan fingerprint density at radius 3 is 3.14 bits per heavy atom. The summed E-state index contributed by atoms with van der Waals surface area (Å²) < 4.78 is 4.67. The molecule has 0 atom stereocenters. The number of benzene rings is 1. The molecule has 0 aliphatic carbocycles. The van der Waals surface area contributed by atoms with Gasteiger partial charge in [0.05, 0.1) is 5.69 Å². The van der Waals surface area contributed by atoms with E-state index in [1.165, 1.54) is 11.3 Å². The molecular formula is C9H4N3OS.